The summed E-state index contributed by atoms with van der Waals surface area (Å²) < 4.78 is 64.2. The molecule has 2 aromatic rings. The molecule has 152 valence electrons. The second kappa shape index (κ2) is 9.42. The Balaban J connectivity index is 0.000000483. The van der Waals surface area contributed by atoms with Gasteiger partial charge in [0.15, 0.2) is 0 Å². The van der Waals surface area contributed by atoms with Gasteiger partial charge in [-0.15, -0.1) is 0 Å². The van der Waals surface area contributed by atoms with Gasteiger partial charge in [-0.2, -0.15) is 0 Å². The van der Waals surface area contributed by atoms with Crippen molar-refractivity contribution < 1.29 is 42.4 Å². The number of hydrogen-bond donors (Lipinski definition) is 2. The maximum atomic E-state index is 10.7. The zero-order chi connectivity index (χ0) is 20.4. The maximum Gasteiger partial charge on any atom is 2.00 e. The quantitative estimate of drug-likeness (QED) is 0.360. The molecule has 0 unspecified atom stereocenters. The van der Waals surface area contributed by atoms with Crippen molar-refractivity contribution in [1.82, 2.24) is 0 Å². The van der Waals surface area contributed by atoms with Gasteiger partial charge in [-0.3, -0.25) is 0 Å². The zero-order valence-corrected chi connectivity index (χ0v) is 17.9. The summed E-state index contributed by atoms with van der Waals surface area (Å²) in [5.74, 6) is 0. The van der Waals surface area contributed by atoms with Gasteiger partial charge in [-0.1, -0.05) is 23.2 Å². The van der Waals surface area contributed by atoms with Crippen molar-refractivity contribution in [3.8, 4) is 0 Å². The summed E-state index contributed by atoms with van der Waals surface area (Å²) in [7, 11) is -9.03. The third kappa shape index (κ3) is 7.11. The first-order chi connectivity index (χ1) is 11.6. The van der Waals surface area contributed by atoms with Crippen LogP contribution in [0.25, 0.3) is 0 Å². The molecule has 0 spiro atoms. The van der Waals surface area contributed by atoms with Crippen LogP contribution in [0.3, 0.4) is 0 Å². The molecule has 2 aromatic carbocycles. The van der Waals surface area contributed by atoms with Crippen molar-refractivity contribution in [2.24, 2.45) is 0 Å². The number of halogens is 2. The molecule has 0 atom stereocenters. The van der Waals surface area contributed by atoms with Gasteiger partial charge in [0.1, 0.15) is 20.2 Å². The van der Waals surface area contributed by atoms with Crippen molar-refractivity contribution >= 4 is 54.8 Å². The normalized spacial score (nSPS) is 11.2. The van der Waals surface area contributed by atoms with Crippen molar-refractivity contribution in [2.75, 3.05) is 11.5 Å². The molecule has 0 amide bonds. The van der Waals surface area contributed by atoms with Crippen LogP contribution in [-0.4, -0.2) is 25.9 Å². The number of benzene rings is 2. The molecular weight excluding hydrogens is 486 g/mol. The molecule has 0 heterocycles. The maximum absolute atomic E-state index is 10.7. The summed E-state index contributed by atoms with van der Waals surface area (Å²) in [4.78, 5) is -0.784. The van der Waals surface area contributed by atoms with Crippen LogP contribution >= 0.6 is 23.2 Å². The van der Waals surface area contributed by atoms with Crippen LogP contribution in [0.4, 0.5) is 11.4 Å². The SMILES string of the molecule is Cc1cc(Cl)cc(N)c1S(=O)(=O)[O-].Cc1cc(Cl)cc(N)c1S(=O)(=O)[O-].[Ni+2]. The van der Waals surface area contributed by atoms with Gasteiger partial charge < -0.3 is 20.6 Å². The molecule has 4 N–H and O–H groups in total. The molecule has 0 saturated carbocycles. The van der Waals surface area contributed by atoms with E-state index in [1.54, 1.807) is 0 Å². The van der Waals surface area contributed by atoms with E-state index in [9.17, 15) is 25.9 Å². The van der Waals surface area contributed by atoms with Gasteiger partial charge >= 0.3 is 16.5 Å². The molecule has 0 fully saturated rings. The van der Waals surface area contributed by atoms with E-state index < -0.39 is 30.0 Å². The zero-order valence-electron chi connectivity index (χ0n) is 13.8. The molecule has 0 aliphatic heterocycles. The molecule has 0 saturated heterocycles. The minimum absolute atomic E-state index is 0. The first-order valence-electron chi connectivity index (χ1n) is 6.67. The fourth-order valence-corrected chi connectivity index (χ4v) is 4.36. The summed E-state index contributed by atoms with van der Waals surface area (Å²) in [6.07, 6.45) is 0. The minimum atomic E-state index is -4.51. The fraction of sp³-hybridized carbons (Fsp3) is 0.143. The summed E-state index contributed by atoms with van der Waals surface area (Å²) in [5.41, 5.74) is 11.0. The number of aryl methyl sites for hydroxylation is 2. The van der Waals surface area contributed by atoms with Crippen molar-refractivity contribution in [3.05, 3.63) is 45.4 Å². The second-order valence-corrected chi connectivity index (χ2v) is 8.70. The van der Waals surface area contributed by atoms with Gasteiger partial charge in [0.2, 0.25) is 0 Å². The van der Waals surface area contributed by atoms with Gasteiger partial charge in [0, 0.05) is 10.0 Å². The average Bonchev–Trinajstić information content (AvgIpc) is 2.32. The minimum Gasteiger partial charge on any atom is -0.744 e. The number of anilines is 2. The molecule has 27 heavy (non-hydrogen) atoms. The predicted octanol–water partition coefficient (Wildman–Crippen LogP) is 2.27. The first-order valence-corrected chi connectivity index (χ1v) is 10.2. The molecule has 0 radical (unpaired) electrons. The molecule has 8 nitrogen and oxygen atoms in total. The summed E-state index contributed by atoms with van der Waals surface area (Å²) in [6, 6.07) is 5.23. The van der Waals surface area contributed by atoms with Crippen LogP contribution in [0.5, 0.6) is 0 Å². The number of rotatable bonds is 2. The van der Waals surface area contributed by atoms with Gasteiger partial charge in [0.05, 0.1) is 21.2 Å². The first kappa shape index (κ1) is 25.9. The van der Waals surface area contributed by atoms with Crippen molar-refractivity contribution in [2.45, 2.75) is 23.6 Å². The molecule has 0 aliphatic carbocycles. The smallest absolute Gasteiger partial charge is 0.744 e. The van der Waals surface area contributed by atoms with Gasteiger partial charge in [0.25, 0.3) is 0 Å². The second-order valence-electron chi connectivity index (χ2n) is 5.19. The Morgan fingerprint density at radius 1 is 0.741 bits per heavy atom. The van der Waals surface area contributed by atoms with Crippen LogP contribution in [0.1, 0.15) is 11.1 Å². The molecule has 0 aromatic heterocycles. The average molecular weight is 500 g/mol. The van der Waals surface area contributed by atoms with E-state index in [4.69, 9.17) is 34.7 Å². The van der Waals surface area contributed by atoms with Crippen LogP contribution in [0, 0.1) is 13.8 Å². The Bertz CT molecular complexity index is 928. The summed E-state index contributed by atoms with van der Waals surface area (Å²) >= 11 is 11.2. The summed E-state index contributed by atoms with van der Waals surface area (Å²) in [6.45, 7) is 2.93. The largest absolute Gasteiger partial charge is 2.00 e. The topological polar surface area (TPSA) is 166 Å². The van der Waals surface area contributed by atoms with Crippen LogP contribution in [0.15, 0.2) is 34.1 Å². The van der Waals surface area contributed by atoms with E-state index in [1.165, 1.54) is 38.1 Å². The third-order valence-corrected chi connectivity index (χ3v) is 5.59. The molecule has 13 heteroatoms. The van der Waals surface area contributed by atoms with Gasteiger partial charge in [-0.05, 0) is 49.2 Å². The predicted molar refractivity (Wildman–Crippen MR) is 97.1 cm³/mol. The van der Waals surface area contributed by atoms with Gasteiger partial charge in [-0.25, -0.2) is 16.8 Å². The van der Waals surface area contributed by atoms with Crippen molar-refractivity contribution in [1.29, 1.82) is 0 Å². The van der Waals surface area contributed by atoms with Crippen LogP contribution in [0.2, 0.25) is 10.0 Å². The van der Waals surface area contributed by atoms with Crippen molar-refractivity contribution in [3.63, 3.8) is 0 Å². The van der Waals surface area contributed by atoms with E-state index in [1.807, 2.05) is 0 Å². The van der Waals surface area contributed by atoms with E-state index >= 15 is 0 Å². The van der Waals surface area contributed by atoms with E-state index in [-0.39, 0.29) is 39.0 Å². The standard InChI is InChI=1S/2C7H8ClNO3S.Ni/c2*1-4-2-5(8)3-6(9)7(4)13(10,11)12;/h2*2-3H,9H2,1H3,(H,10,11,12);/q;;+2/p-2. The van der Waals surface area contributed by atoms with E-state index in [2.05, 4.69) is 0 Å². The molecule has 2 rings (SSSR count). The molecular formula is C14H14Cl2N2NiO6S2. The molecule has 0 bridgehead atoms. The Morgan fingerprint density at radius 2 is 1.00 bits per heavy atom. The third-order valence-electron chi connectivity index (χ3n) is 3.04. The van der Waals surface area contributed by atoms with Crippen LogP contribution in [-0.2, 0) is 36.7 Å². The summed E-state index contributed by atoms with van der Waals surface area (Å²) in [5, 5.41) is 0.616. The Hall–Kier alpha value is -1.07. The monoisotopic (exact) mass is 498 g/mol. The van der Waals surface area contributed by atoms with E-state index in [0.29, 0.717) is 10.0 Å². The Kier molecular flexibility index (Phi) is 9.05. The Labute approximate surface area is 177 Å². The number of nitrogen functional groups attached to an aromatic ring is 2. The van der Waals surface area contributed by atoms with Crippen LogP contribution < -0.4 is 11.5 Å². The number of nitrogens with two attached hydrogens (primary N) is 2. The Morgan fingerprint density at radius 3 is 1.19 bits per heavy atom. The number of hydrogen-bond acceptors (Lipinski definition) is 8. The molecule has 0 aliphatic rings. The fourth-order valence-electron chi connectivity index (χ4n) is 2.19. The van der Waals surface area contributed by atoms with E-state index in [0.717, 1.165) is 0 Å².